The van der Waals surface area contributed by atoms with E-state index < -0.39 is 11.8 Å². The highest BCUT2D eigenvalue weighted by atomic mass is 32.1. The summed E-state index contributed by atoms with van der Waals surface area (Å²) in [5, 5.41) is 5.77. The molecule has 0 radical (unpaired) electrons. The maximum atomic E-state index is 13.3. The third-order valence-electron chi connectivity index (χ3n) is 4.98. The number of imide groups is 1. The van der Waals surface area contributed by atoms with Crippen LogP contribution in [0.4, 0.5) is 5.13 Å². The first kappa shape index (κ1) is 22.6. The van der Waals surface area contributed by atoms with Crippen LogP contribution in [-0.2, 0) is 9.59 Å². The molecule has 2 N–H and O–H groups in total. The van der Waals surface area contributed by atoms with E-state index in [2.05, 4.69) is 25.8 Å². The van der Waals surface area contributed by atoms with E-state index >= 15 is 0 Å². The Hall–Kier alpha value is -3.11. The number of amides is 3. The molecule has 3 rings (SSSR count). The quantitative estimate of drug-likeness (QED) is 0.480. The number of benzene rings is 1. The summed E-state index contributed by atoms with van der Waals surface area (Å²) >= 11 is 1.06. The van der Waals surface area contributed by atoms with Gasteiger partial charge in [0, 0.05) is 13.5 Å². The molecule has 2 heterocycles. The van der Waals surface area contributed by atoms with Crippen molar-refractivity contribution in [2.45, 2.75) is 27.7 Å². The minimum absolute atomic E-state index is 0.285. The fraction of sp³-hybridized carbons (Fsp3) is 0.381. The number of hydrogen-bond acceptors (Lipinski definition) is 8. The van der Waals surface area contributed by atoms with Crippen LogP contribution >= 0.6 is 11.3 Å². The molecule has 0 fully saturated rings. The number of nitrogens with one attached hydrogen (secondary N) is 2. The summed E-state index contributed by atoms with van der Waals surface area (Å²) in [4.78, 5) is 44.3. The van der Waals surface area contributed by atoms with E-state index in [0.717, 1.165) is 35.0 Å². The monoisotopic (exact) mass is 442 g/mol. The molecule has 0 aliphatic carbocycles. The van der Waals surface area contributed by atoms with E-state index in [9.17, 15) is 14.4 Å². The van der Waals surface area contributed by atoms with Gasteiger partial charge in [0.1, 0.15) is 4.88 Å². The van der Waals surface area contributed by atoms with Gasteiger partial charge < -0.3 is 4.90 Å². The molecule has 3 amide bonds. The van der Waals surface area contributed by atoms with Crippen molar-refractivity contribution >= 4 is 39.9 Å². The molecule has 1 atom stereocenters. The number of hydrazone groups is 1. The number of carbonyl (C=O) groups excluding carboxylic acids is 3. The maximum absolute atomic E-state index is 13.3. The lowest BCUT2D eigenvalue weighted by Crippen LogP contribution is -2.39. The fourth-order valence-electron chi connectivity index (χ4n) is 3.30. The first-order valence-corrected chi connectivity index (χ1v) is 10.9. The van der Waals surface area contributed by atoms with E-state index in [-0.39, 0.29) is 11.8 Å². The minimum Gasteiger partial charge on any atom is -0.303 e. The molecule has 1 aromatic heterocycles. The van der Waals surface area contributed by atoms with Gasteiger partial charge in [-0.1, -0.05) is 55.5 Å². The van der Waals surface area contributed by atoms with Crippen molar-refractivity contribution in [3.8, 4) is 0 Å². The summed E-state index contributed by atoms with van der Waals surface area (Å²) in [6.45, 7) is 9.19. The Labute approximate surface area is 185 Å². The average Bonchev–Trinajstić information content (AvgIpc) is 3.30. The Kier molecular flexibility index (Phi) is 7.13. The SMILES string of the molecule is CCN(CC)C[C@H]1C(=O)N(C(=O)c2sc(NNC(C)=O)nc2C)N=C1c1ccccc1. The van der Waals surface area contributed by atoms with Crippen LogP contribution in [0.25, 0.3) is 0 Å². The predicted octanol–water partition coefficient (Wildman–Crippen LogP) is 2.26. The Morgan fingerprint density at radius 2 is 1.87 bits per heavy atom. The second-order valence-electron chi connectivity index (χ2n) is 7.08. The van der Waals surface area contributed by atoms with E-state index in [0.29, 0.717) is 28.0 Å². The third-order valence-corrected chi connectivity index (χ3v) is 6.04. The molecular formula is C21H26N6O3S. The number of aryl methyl sites for hydroxylation is 1. The Morgan fingerprint density at radius 1 is 1.19 bits per heavy atom. The number of hydrazine groups is 1. The molecule has 164 valence electrons. The van der Waals surface area contributed by atoms with Crippen LogP contribution in [-0.4, -0.2) is 58.0 Å². The van der Waals surface area contributed by atoms with Crippen LogP contribution in [0.2, 0.25) is 0 Å². The smallest absolute Gasteiger partial charge is 0.293 e. The molecule has 1 aromatic carbocycles. The van der Waals surface area contributed by atoms with E-state index in [4.69, 9.17) is 0 Å². The lowest BCUT2D eigenvalue weighted by molar-refractivity contribution is -0.129. The zero-order valence-electron chi connectivity index (χ0n) is 18.0. The molecule has 0 spiro atoms. The van der Waals surface area contributed by atoms with Gasteiger partial charge in [-0.25, -0.2) is 4.98 Å². The van der Waals surface area contributed by atoms with Gasteiger partial charge in [0.2, 0.25) is 11.0 Å². The van der Waals surface area contributed by atoms with Gasteiger partial charge in [0.15, 0.2) is 0 Å². The maximum Gasteiger partial charge on any atom is 0.293 e. The number of rotatable bonds is 8. The largest absolute Gasteiger partial charge is 0.303 e. The summed E-state index contributed by atoms with van der Waals surface area (Å²) < 4.78 is 0. The molecule has 1 aliphatic rings. The highest BCUT2D eigenvalue weighted by Crippen LogP contribution is 2.28. The van der Waals surface area contributed by atoms with Gasteiger partial charge in [0.25, 0.3) is 11.8 Å². The van der Waals surface area contributed by atoms with Gasteiger partial charge in [-0.3, -0.25) is 25.2 Å². The molecule has 0 unspecified atom stereocenters. The minimum atomic E-state index is -0.531. The highest BCUT2D eigenvalue weighted by molar-refractivity contribution is 7.17. The first-order valence-electron chi connectivity index (χ1n) is 10.1. The van der Waals surface area contributed by atoms with Gasteiger partial charge >= 0.3 is 0 Å². The number of anilines is 1. The van der Waals surface area contributed by atoms with Crippen molar-refractivity contribution < 1.29 is 14.4 Å². The molecule has 9 nitrogen and oxygen atoms in total. The first-order chi connectivity index (χ1) is 14.8. The van der Waals surface area contributed by atoms with Gasteiger partial charge in [-0.15, -0.1) is 0 Å². The average molecular weight is 443 g/mol. The van der Waals surface area contributed by atoms with Gasteiger partial charge in [0.05, 0.1) is 17.3 Å². The topological polar surface area (TPSA) is 107 Å². The molecule has 31 heavy (non-hydrogen) atoms. The molecule has 1 aliphatic heterocycles. The van der Waals surface area contributed by atoms with Crippen molar-refractivity contribution in [1.82, 2.24) is 20.3 Å². The standard InChI is InChI=1S/C21H26N6O3S/c1-5-26(6-2)12-16-17(15-10-8-7-9-11-15)25-27(19(16)29)20(30)18-13(3)22-21(31-18)24-23-14(4)28/h7-11,16H,5-6,12H2,1-4H3,(H,22,24)(H,23,28)/t16-/m1/s1. The number of carbonyl (C=O) groups is 3. The highest BCUT2D eigenvalue weighted by Gasteiger charge is 2.41. The normalized spacial score (nSPS) is 15.9. The van der Waals surface area contributed by atoms with Crippen LogP contribution in [0.5, 0.6) is 0 Å². The van der Waals surface area contributed by atoms with E-state index in [1.807, 2.05) is 44.2 Å². The second-order valence-corrected chi connectivity index (χ2v) is 8.08. The Bertz CT molecular complexity index is 1000. The summed E-state index contributed by atoms with van der Waals surface area (Å²) in [7, 11) is 0. The van der Waals surface area contributed by atoms with Crippen LogP contribution in [0.3, 0.4) is 0 Å². The summed E-state index contributed by atoms with van der Waals surface area (Å²) in [6.07, 6.45) is 0. The molecule has 10 heteroatoms. The van der Waals surface area contributed by atoms with Crippen LogP contribution < -0.4 is 10.9 Å². The lowest BCUT2D eigenvalue weighted by atomic mass is 9.96. The van der Waals surface area contributed by atoms with E-state index in [1.165, 1.54) is 6.92 Å². The van der Waals surface area contributed by atoms with Crippen molar-refractivity contribution in [3.63, 3.8) is 0 Å². The molecule has 0 saturated heterocycles. The molecule has 0 bridgehead atoms. The van der Waals surface area contributed by atoms with Crippen LogP contribution in [0.1, 0.15) is 41.7 Å². The van der Waals surface area contributed by atoms with Crippen molar-refractivity contribution in [1.29, 1.82) is 0 Å². The Balaban J connectivity index is 1.91. The number of hydrogen-bond donors (Lipinski definition) is 2. The zero-order chi connectivity index (χ0) is 22.5. The third kappa shape index (κ3) is 4.97. The zero-order valence-corrected chi connectivity index (χ0v) is 18.8. The number of thiazole rings is 1. The second kappa shape index (κ2) is 9.80. The van der Waals surface area contributed by atoms with Crippen LogP contribution in [0.15, 0.2) is 35.4 Å². The Morgan fingerprint density at radius 3 is 2.48 bits per heavy atom. The van der Waals surface area contributed by atoms with Gasteiger partial charge in [-0.2, -0.15) is 10.1 Å². The van der Waals surface area contributed by atoms with Crippen molar-refractivity contribution in [2.24, 2.45) is 11.0 Å². The fourth-order valence-corrected chi connectivity index (χ4v) is 4.14. The predicted molar refractivity (Wildman–Crippen MR) is 120 cm³/mol. The van der Waals surface area contributed by atoms with Crippen molar-refractivity contribution in [3.05, 3.63) is 46.5 Å². The molecular weight excluding hydrogens is 416 g/mol. The van der Waals surface area contributed by atoms with E-state index in [1.54, 1.807) is 6.92 Å². The molecule has 0 saturated carbocycles. The number of aromatic nitrogens is 1. The van der Waals surface area contributed by atoms with Gasteiger partial charge in [-0.05, 0) is 25.6 Å². The lowest BCUT2D eigenvalue weighted by Gasteiger charge is -2.22. The summed E-state index contributed by atoms with van der Waals surface area (Å²) in [5.41, 5.74) is 6.94. The summed E-state index contributed by atoms with van der Waals surface area (Å²) in [5.74, 6) is -1.69. The number of nitrogens with zero attached hydrogens (tertiary/aromatic N) is 4. The summed E-state index contributed by atoms with van der Waals surface area (Å²) in [6, 6.07) is 9.45. The van der Waals surface area contributed by atoms with Crippen LogP contribution in [0, 0.1) is 12.8 Å². The van der Waals surface area contributed by atoms with Crippen molar-refractivity contribution in [2.75, 3.05) is 25.1 Å². The molecule has 2 aromatic rings.